The normalized spacial score (nSPS) is 24.9. The topological polar surface area (TPSA) is 44.8 Å². The number of carbonyl (C=O) groups is 1. The van der Waals surface area contributed by atoms with Crippen molar-refractivity contribution in [2.24, 2.45) is 0 Å². The maximum Gasteiger partial charge on any atom is 0.313 e. The second-order valence-corrected chi connectivity index (χ2v) is 4.32. The van der Waals surface area contributed by atoms with Crippen molar-refractivity contribution in [2.45, 2.75) is 18.1 Å². The molecule has 1 aromatic rings. The zero-order valence-electron chi connectivity index (χ0n) is 9.64. The van der Waals surface area contributed by atoms with E-state index in [-0.39, 0.29) is 11.9 Å². The van der Waals surface area contributed by atoms with Gasteiger partial charge in [0.15, 0.2) is 5.79 Å². The highest BCUT2D eigenvalue weighted by molar-refractivity contribution is 5.80. The lowest BCUT2D eigenvalue weighted by molar-refractivity contribution is -0.171. The number of ether oxygens (including phenoxy) is 3. The van der Waals surface area contributed by atoms with Crippen molar-refractivity contribution in [3.05, 3.63) is 35.4 Å². The van der Waals surface area contributed by atoms with Gasteiger partial charge in [0.2, 0.25) is 0 Å². The molecule has 2 aliphatic rings. The van der Waals surface area contributed by atoms with Crippen LogP contribution in [0.1, 0.15) is 23.5 Å². The fraction of sp³-hybridized carbons (Fsp3) is 0.462. The highest BCUT2D eigenvalue weighted by Crippen LogP contribution is 2.49. The Hall–Kier alpha value is -1.39. The molecule has 0 bridgehead atoms. The van der Waals surface area contributed by atoms with Crippen molar-refractivity contribution in [1.82, 2.24) is 0 Å². The first-order chi connectivity index (χ1) is 8.27. The first-order valence-electron chi connectivity index (χ1n) is 5.72. The Balaban J connectivity index is 2.06. The molecule has 0 N–H and O–H groups in total. The third-order valence-corrected chi connectivity index (χ3v) is 3.46. The van der Waals surface area contributed by atoms with Crippen LogP contribution in [0.15, 0.2) is 24.3 Å². The van der Waals surface area contributed by atoms with Crippen molar-refractivity contribution in [1.29, 1.82) is 0 Å². The summed E-state index contributed by atoms with van der Waals surface area (Å²) in [5.74, 6) is -1.24. The van der Waals surface area contributed by atoms with Crippen LogP contribution < -0.4 is 0 Å². The molecule has 1 fully saturated rings. The first-order valence-corrected chi connectivity index (χ1v) is 5.72. The van der Waals surface area contributed by atoms with Crippen LogP contribution in [0.4, 0.5) is 0 Å². The molecular weight excluding hydrogens is 220 g/mol. The SMILES string of the molecule is COC(=O)C1CC2(OCCO2)c2ccccc21. The number of rotatable bonds is 1. The van der Waals surface area contributed by atoms with Crippen molar-refractivity contribution in [3.8, 4) is 0 Å². The molecule has 1 atom stereocenters. The maximum atomic E-state index is 11.8. The van der Waals surface area contributed by atoms with E-state index in [0.29, 0.717) is 19.6 Å². The van der Waals surface area contributed by atoms with Crippen molar-refractivity contribution in [2.75, 3.05) is 20.3 Å². The Bertz CT molecular complexity index is 448. The predicted octanol–water partition coefficient (Wildman–Crippen LogP) is 1.55. The number of fused-ring (bicyclic) bond motifs is 2. The summed E-state index contributed by atoms with van der Waals surface area (Å²) in [5, 5.41) is 0. The van der Waals surface area contributed by atoms with Crippen LogP contribution in [0.2, 0.25) is 0 Å². The molecule has 4 heteroatoms. The summed E-state index contributed by atoms with van der Waals surface area (Å²) in [7, 11) is 1.41. The van der Waals surface area contributed by atoms with Gasteiger partial charge < -0.3 is 14.2 Å². The van der Waals surface area contributed by atoms with Crippen LogP contribution in [0.3, 0.4) is 0 Å². The molecule has 1 aromatic carbocycles. The highest BCUT2D eigenvalue weighted by atomic mass is 16.7. The Kier molecular flexibility index (Phi) is 2.42. The van der Waals surface area contributed by atoms with Crippen LogP contribution in [-0.4, -0.2) is 26.3 Å². The van der Waals surface area contributed by atoms with E-state index in [2.05, 4.69) is 0 Å². The third-order valence-electron chi connectivity index (χ3n) is 3.46. The molecule has 0 aromatic heterocycles. The molecule has 1 aliphatic carbocycles. The van der Waals surface area contributed by atoms with Gasteiger partial charge in [-0.25, -0.2) is 0 Å². The number of benzene rings is 1. The van der Waals surface area contributed by atoms with E-state index < -0.39 is 5.79 Å². The van der Waals surface area contributed by atoms with Gasteiger partial charge in [0.1, 0.15) is 0 Å². The van der Waals surface area contributed by atoms with Gasteiger partial charge in [-0.3, -0.25) is 4.79 Å². The van der Waals surface area contributed by atoms with Crippen LogP contribution in [0.25, 0.3) is 0 Å². The van der Waals surface area contributed by atoms with E-state index in [1.165, 1.54) is 7.11 Å². The summed E-state index contributed by atoms with van der Waals surface area (Å²) >= 11 is 0. The average molecular weight is 234 g/mol. The maximum absolute atomic E-state index is 11.8. The molecule has 3 rings (SSSR count). The van der Waals surface area contributed by atoms with Gasteiger partial charge >= 0.3 is 5.97 Å². The lowest BCUT2D eigenvalue weighted by atomic mass is 10.0. The van der Waals surface area contributed by atoms with Crippen LogP contribution >= 0.6 is 0 Å². The summed E-state index contributed by atoms with van der Waals surface area (Å²) in [6, 6.07) is 7.76. The second kappa shape index (κ2) is 3.82. The lowest BCUT2D eigenvalue weighted by Gasteiger charge is -2.22. The number of methoxy groups -OCH3 is 1. The summed E-state index contributed by atoms with van der Waals surface area (Å²) in [5.41, 5.74) is 1.93. The second-order valence-electron chi connectivity index (χ2n) is 4.32. The lowest BCUT2D eigenvalue weighted by Crippen LogP contribution is -2.24. The van der Waals surface area contributed by atoms with Crippen molar-refractivity contribution < 1.29 is 19.0 Å². The van der Waals surface area contributed by atoms with E-state index in [4.69, 9.17) is 14.2 Å². The highest BCUT2D eigenvalue weighted by Gasteiger charge is 2.50. The van der Waals surface area contributed by atoms with Crippen molar-refractivity contribution in [3.63, 3.8) is 0 Å². The number of esters is 1. The molecule has 4 nitrogen and oxygen atoms in total. The minimum atomic E-state index is -0.727. The molecule has 1 heterocycles. The first kappa shape index (κ1) is 10.7. The summed E-state index contributed by atoms with van der Waals surface area (Å²) in [6.45, 7) is 1.14. The molecule has 0 saturated carbocycles. The minimum absolute atomic E-state index is 0.228. The van der Waals surface area contributed by atoms with Gasteiger partial charge in [-0.05, 0) is 5.56 Å². The summed E-state index contributed by atoms with van der Waals surface area (Å²) < 4.78 is 16.3. The van der Waals surface area contributed by atoms with Gasteiger partial charge in [0.25, 0.3) is 0 Å². The zero-order chi connectivity index (χ0) is 11.9. The van der Waals surface area contributed by atoms with Gasteiger partial charge in [0, 0.05) is 12.0 Å². The fourth-order valence-corrected chi connectivity index (χ4v) is 2.72. The third kappa shape index (κ3) is 1.48. The monoisotopic (exact) mass is 234 g/mol. The molecule has 1 aliphatic heterocycles. The van der Waals surface area contributed by atoms with Crippen molar-refractivity contribution >= 4 is 5.97 Å². The van der Waals surface area contributed by atoms with Gasteiger partial charge in [-0.15, -0.1) is 0 Å². The van der Waals surface area contributed by atoms with E-state index in [9.17, 15) is 4.79 Å². The number of hydrogen-bond acceptors (Lipinski definition) is 4. The number of carbonyl (C=O) groups excluding carboxylic acids is 1. The standard InChI is InChI=1S/C13H14O4/c1-15-12(14)10-8-13(16-6-7-17-13)11-5-3-2-4-9(10)11/h2-5,10H,6-8H2,1H3. The van der Waals surface area contributed by atoms with Gasteiger partial charge in [-0.2, -0.15) is 0 Å². The summed E-state index contributed by atoms with van der Waals surface area (Å²) in [6.07, 6.45) is 0.513. The van der Waals surface area contributed by atoms with E-state index in [0.717, 1.165) is 11.1 Å². The Morgan fingerprint density at radius 1 is 1.35 bits per heavy atom. The van der Waals surface area contributed by atoms with Crippen LogP contribution in [0, 0.1) is 0 Å². The minimum Gasteiger partial charge on any atom is -0.469 e. The van der Waals surface area contributed by atoms with Crippen LogP contribution in [-0.2, 0) is 24.8 Å². The Morgan fingerprint density at radius 2 is 2.06 bits per heavy atom. The molecule has 1 unspecified atom stereocenters. The molecule has 1 spiro atoms. The van der Waals surface area contributed by atoms with E-state index in [1.807, 2.05) is 24.3 Å². The molecule has 17 heavy (non-hydrogen) atoms. The van der Waals surface area contributed by atoms with Gasteiger partial charge in [-0.1, -0.05) is 24.3 Å². The molecule has 0 amide bonds. The molecule has 90 valence electrons. The smallest absolute Gasteiger partial charge is 0.313 e. The molecule has 0 radical (unpaired) electrons. The Labute approximate surface area is 99.5 Å². The quantitative estimate of drug-likeness (QED) is 0.691. The number of hydrogen-bond donors (Lipinski definition) is 0. The molecular formula is C13H14O4. The fourth-order valence-electron chi connectivity index (χ4n) is 2.72. The average Bonchev–Trinajstić information content (AvgIpc) is 2.97. The van der Waals surface area contributed by atoms with E-state index in [1.54, 1.807) is 0 Å². The van der Waals surface area contributed by atoms with E-state index >= 15 is 0 Å². The predicted molar refractivity (Wildman–Crippen MR) is 59.4 cm³/mol. The van der Waals surface area contributed by atoms with Crippen LogP contribution in [0.5, 0.6) is 0 Å². The van der Waals surface area contributed by atoms with Gasteiger partial charge in [0.05, 0.1) is 26.2 Å². The molecule has 1 saturated heterocycles. The zero-order valence-corrected chi connectivity index (χ0v) is 9.64. The Morgan fingerprint density at radius 3 is 2.76 bits per heavy atom. The summed E-state index contributed by atoms with van der Waals surface area (Å²) in [4.78, 5) is 11.8. The largest absolute Gasteiger partial charge is 0.469 e.